The second-order valence-electron chi connectivity index (χ2n) is 11.0. The number of nitrogens with one attached hydrogen (secondary N) is 1. The molecule has 3 aliphatic rings. The van der Waals surface area contributed by atoms with Crippen molar-refractivity contribution in [2.75, 3.05) is 36.4 Å². The number of benzene rings is 1. The number of aliphatic carboxylic acids is 1. The van der Waals surface area contributed by atoms with Crippen LogP contribution in [-0.4, -0.2) is 58.2 Å². The Hall–Kier alpha value is -1.80. The second kappa shape index (κ2) is 10.8. The van der Waals surface area contributed by atoms with Gasteiger partial charge in [0.2, 0.25) is 5.95 Å². The Kier molecular flexibility index (Phi) is 7.79. The van der Waals surface area contributed by atoms with Crippen molar-refractivity contribution >= 4 is 52.5 Å². The summed E-state index contributed by atoms with van der Waals surface area (Å²) in [6, 6.07) is 5.76. The third-order valence-corrected chi connectivity index (χ3v) is 9.60. The van der Waals surface area contributed by atoms with Gasteiger partial charge in [0.05, 0.1) is 17.7 Å². The Morgan fingerprint density at radius 2 is 1.95 bits per heavy atom. The van der Waals surface area contributed by atoms with E-state index in [4.69, 9.17) is 39.8 Å². The SMILES string of the molecule is CC[C@]1(C(=O)O)C[C@H](N2CCC[C@H](C3CN(c4ncc(Cl)c(N[C@H](C)c5ccc(Cl)cc5Cl)n4)C3)C2)C1. The van der Waals surface area contributed by atoms with Crippen molar-refractivity contribution < 1.29 is 9.90 Å². The first-order valence-corrected chi connectivity index (χ1v) is 14.3. The molecule has 0 radical (unpaired) electrons. The van der Waals surface area contributed by atoms with Crippen molar-refractivity contribution in [3.63, 3.8) is 0 Å². The Labute approximate surface area is 233 Å². The molecule has 0 bridgehead atoms. The minimum absolute atomic E-state index is 0.110. The van der Waals surface area contributed by atoms with E-state index in [0.717, 1.165) is 51.0 Å². The van der Waals surface area contributed by atoms with Crippen molar-refractivity contribution in [2.45, 2.75) is 58.0 Å². The normalized spacial score (nSPS) is 27.3. The van der Waals surface area contributed by atoms with Crippen LogP contribution in [0.1, 0.15) is 57.6 Å². The summed E-state index contributed by atoms with van der Waals surface area (Å²) in [6.45, 7) is 8.01. The fraction of sp³-hybridized carbons (Fsp3) is 0.593. The van der Waals surface area contributed by atoms with Crippen molar-refractivity contribution in [1.29, 1.82) is 0 Å². The lowest BCUT2D eigenvalue weighted by Crippen LogP contribution is -2.59. The lowest BCUT2D eigenvalue weighted by molar-refractivity contribution is -0.161. The average Bonchev–Trinajstić information content (AvgIpc) is 2.80. The molecular formula is C27H34Cl3N5O2. The first kappa shape index (κ1) is 26.8. The van der Waals surface area contributed by atoms with Gasteiger partial charge in [0.15, 0.2) is 5.82 Å². The van der Waals surface area contributed by atoms with Crippen LogP contribution >= 0.6 is 34.8 Å². The third kappa shape index (κ3) is 5.38. The molecule has 2 aromatic rings. The molecule has 2 atom stereocenters. The molecule has 37 heavy (non-hydrogen) atoms. The number of aromatic nitrogens is 2. The van der Waals surface area contributed by atoms with Crippen LogP contribution in [0.2, 0.25) is 15.1 Å². The predicted octanol–water partition coefficient (Wildman–Crippen LogP) is 6.40. The molecular weight excluding hydrogens is 533 g/mol. The molecule has 2 N–H and O–H groups in total. The molecule has 3 heterocycles. The third-order valence-electron chi connectivity index (χ3n) is 8.76. The van der Waals surface area contributed by atoms with E-state index in [9.17, 15) is 9.90 Å². The number of nitrogens with zero attached hydrogens (tertiary/aromatic N) is 4. The topological polar surface area (TPSA) is 81.6 Å². The fourth-order valence-electron chi connectivity index (χ4n) is 6.19. The van der Waals surface area contributed by atoms with Crippen LogP contribution in [0, 0.1) is 17.3 Å². The Balaban J connectivity index is 1.17. The Bertz CT molecular complexity index is 1150. The summed E-state index contributed by atoms with van der Waals surface area (Å²) in [4.78, 5) is 25.7. The van der Waals surface area contributed by atoms with Gasteiger partial charge < -0.3 is 20.2 Å². The lowest BCUT2D eigenvalue weighted by Gasteiger charge is -2.53. The standard InChI is InChI=1S/C27H34Cl3N5O2/c1-3-27(25(36)37)10-20(11-27)34-8-4-5-17(13-34)18-14-35(15-18)26-31-12-23(30)24(33-26)32-16(2)21-7-6-19(28)9-22(21)29/h6-7,9,12,16-18,20H,3-5,8,10-11,13-15H2,1-2H3,(H,36,37)(H,31,32,33)/t16-,17+,20-,27-/m1/s1. The van der Waals surface area contributed by atoms with Crippen LogP contribution in [0.25, 0.3) is 0 Å². The average molecular weight is 567 g/mol. The fourth-order valence-corrected chi connectivity index (χ4v) is 6.91. The molecule has 2 aliphatic heterocycles. The van der Waals surface area contributed by atoms with Crippen molar-refractivity contribution in [3.8, 4) is 0 Å². The molecule has 3 fully saturated rings. The number of piperidine rings is 1. The molecule has 5 rings (SSSR count). The van der Waals surface area contributed by atoms with Crippen LogP contribution in [-0.2, 0) is 4.79 Å². The number of hydrogen-bond acceptors (Lipinski definition) is 6. The lowest BCUT2D eigenvalue weighted by atomic mass is 9.63. The van der Waals surface area contributed by atoms with Gasteiger partial charge in [-0.3, -0.25) is 4.79 Å². The van der Waals surface area contributed by atoms with Crippen molar-refractivity contribution in [3.05, 3.63) is 45.0 Å². The second-order valence-corrected chi connectivity index (χ2v) is 12.2. The maximum atomic E-state index is 11.7. The zero-order chi connectivity index (χ0) is 26.3. The van der Waals surface area contributed by atoms with Crippen molar-refractivity contribution in [1.82, 2.24) is 14.9 Å². The van der Waals surface area contributed by atoms with Gasteiger partial charge in [0.25, 0.3) is 0 Å². The largest absolute Gasteiger partial charge is 0.481 e. The van der Waals surface area contributed by atoms with Gasteiger partial charge in [0, 0.05) is 35.7 Å². The quantitative estimate of drug-likeness (QED) is 0.382. The zero-order valence-corrected chi connectivity index (χ0v) is 23.5. The molecule has 1 aromatic heterocycles. The van der Waals surface area contributed by atoms with Gasteiger partial charge in [-0.05, 0) is 75.1 Å². The van der Waals surface area contributed by atoms with Crippen LogP contribution in [0.4, 0.5) is 11.8 Å². The maximum absolute atomic E-state index is 11.7. The monoisotopic (exact) mass is 565 g/mol. The molecule has 200 valence electrons. The summed E-state index contributed by atoms with van der Waals surface area (Å²) in [6.07, 6.45) is 6.36. The van der Waals surface area contributed by atoms with Crippen LogP contribution < -0.4 is 10.2 Å². The van der Waals surface area contributed by atoms with E-state index < -0.39 is 11.4 Å². The number of carboxylic acid groups (broad SMARTS) is 1. The first-order chi connectivity index (χ1) is 17.7. The Morgan fingerprint density at radius 1 is 1.19 bits per heavy atom. The van der Waals surface area contributed by atoms with E-state index in [1.807, 2.05) is 26.0 Å². The zero-order valence-electron chi connectivity index (χ0n) is 21.3. The van der Waals surface area contributed by atoms with E-state index in [-0.39, 0.29) is 6.04 Å². The van der Waals surface area contributed by atoms with E-state index >= 15 is 0 Å². The summed E-state index contributed by atoms with van der Waals surface area (Å²) >= 11 is 18.8. The number of carbonyl (C=O) groups is 1. The maximum Gasteiger partial charge on any atom is 0.309 e. The van der Waals surface area contributed by atoms with Gasteiger partial charge in [-0.2, -0.15) is 4.98 Å². The molecule has 0 amide bonds. The summed E-state index contributed by atoms with van der Waals surface area (Å²) < 4.78 is 0. The summed E-state index contributed by atoms with van der Waals surface area (Å²) in [7, 11) is 0. The number of carboxylic acids is 1. The van der Waals surface area contributed by atoms with E-state index in [1.165, 1.54) is 12.8 Å². The first-order valence-electron chi connectivity index (χ1n) is 13.2. The van der Waals surface area contributed by atoms with Gasteiger partial charge in [-0.25, -0.2) is 4.98 Å². The van der Waals surface area contributed by atoms with Crippen molar-refractivity contribution in [2.24, 2.45) is 17.3 Å². The van der Waals surface area contributed by atoms with Crippen LogP contribution in [0.15, 0.2) is 24.4 Å². The smallest absolute Gasteiger partial charge is 0.309 e. The van der Waals surface area contributed by atoms with Gasteiger partial charge in [-0.1, -0.05) is 47.8 Å². The summed E-state index contributed by atoms with van der Waals surface area (Å²) in [5.41, 5.74) is 0.415. The summed E-state index contributed by atoms with van der Waals surface area (Å²) in [5, 5.41) is 14.7. The van der Waals surface area contributed by atoms with Crippen LogP contribution in [0.5, 0.6) is 0 Å². The molecule has 1 aromatic carbocycles. The minimum atomic E-state index is -0.628. The Morgan fingerprint density at radius 3 is 2.62 bits per heavy atom. The number of anilines is 2. The minimum Gasteiger partial charge on any atom is -0.481 e. The molecule has 1 aliphatic carbocycles. The number of rotatable bonds is 8. The molecule has 7 nitrogen and oxygen atoms in total. The highest BCUT2D eigenvalue weighted by Crippen LogP contribution is 2.48. The number of halogens is 3. The molecule has 0 spiro atoms. The van der Waals surface area contributed by atoms with Gasteiger partial charge in [-0.15, -0.1) is 0 Å². The molecule has 0 unspecified atom stereocenters. The van der Waals surface area contributed by atoms with E-state index in [0.29, 0.717) is 44.7 Å². The predicted molar refractivity (Wildman–Crippen MR) is 149 cm³/mol. The molecule has 2 saturated heterocycles. The van der Waals surface area contributed by atoms with E-state index in [1.54, 1.807) is 12.3 Å². The number of likely N-dealkylation sites (tertiary alicyclic amines) is 1. The highest BCUT2D eigenvalue weighted by Gasteiger charge is 2.51. The van der Waals surface area contributed by atoms with Gasteiger partial charge in [0.1, 0.15) is 5.02 Å². The summed E-state index contributed by atoms with van der Waals surface area (Å²) in [5.74, 6) is 1.86. The molecule has 1 saturated carbocycles. The van der Waals surface area contributed by atoms with Gasteiger partial charge >= 0.3 is 5.97 Å². The highest BCUT2D eigenvalue weighted by molar-refractivity contribution is 6.35. The number of hydrogen-bond donors (Lipinski definition) is 2. The highest BCUT2D eigenvalue weighted by atomic mass is 35.5. The molecule has 10 heteroatoms. The van der Waals surface area contributed by atoms with Crippen LogP contribution in [0.3, 0.4) is 0 Å². The van der Waals surface area contributed by atoms with E-state index in [2.05, 4.69) is 20.1 Å².